The molecule has 2 nitrogen and oxygen atoms in total. The Morgan fingerprint density at radius 3 is 2.81 bits per heavy atom. The first-order chi connectivity index (χ1) is 7.81. The molecule has 1 aromatic rings. The zero-order valence-electron chi connectivity index (χ0n) is 9.69. The summed E-state index contributed by atoms with van der Waals surface area (Å²) in [4.78, 5) is 0. The normalized spacial score (nSPS) is 19.4. The monoisotopic (exact) mass is 237 g/mol. The Balaban J connectivity index is 2.09. The van der Waals surface area contributed by atoms with E-state index in [-0.39, 0.29) is 6.04 Å². The van der Waals surface area contributed by atoms with Crippen LogP contribution in [0.1, 0.15) is 24.4 Å². The van der Waals surface area contributed by atoms with Crippen molar-refractivity contribution in [1.82, 2.24) is 0 Å². The quantitative estimate of drug-likeness (QED) is 0.878. The van der Waals surface area contributed by atoms with Crippen molar-refractivity contribution in [3.8, 4) is 5.75 Å². The zero-order chi connectivity index (χ0) is 11.4. The fraction of sp³-hybridized carbons (Fsp3) is 0.538. The molecule has 0 bridgehead atoms. The van der Waals surface area contributed by atoms with E-state index in [1.54, 1.807) is 7.11 Å². The fourth-order valence-corrected chi connectivity index (χ4v) is 3.34. The van der Waals surface area contributed by atoms with E-state index < -0.39 is 0 Å². The SMILES string of the molecule is COc1cccc(C(N)C2CCSCC2)c1. The third-order valence-electron chi connectivity index (χ3n) is 3.25. The van der Waals surface area contributed by atoms with Gasteiger partial charge in [0.05, 0.1) is 7.11 Å². The van der Waals surface area contributed by atoms with E-state index in [0.717, 1.165) is 5.75 Å². The maximum absolute atomic E-state index is 6.33. The Hall–Kier alpha value is -0.670. The van der Waals surface area contributed by atoms with E-state index in [4.69, 9.17) is 10.5 Å². The molecule has 0 saturated carbocycles. The van der Waals surface area contributed by atoms with Crippen molar-refractivity contribution in [1.29, 1.82) is 0 Å². The van der Waals surface area contributed by atoms with E-state index in [1.807, 2.05) is 23.9 Å². The highest BCUT2D eigenvalue weighted by molar-refractivity contribution is 7.99. The van der Waals surface area contributed by atoms with Gasteiger partial charge < -0.3 is 10.5 Å². The minimum atomic E-state index is 0.163. The van der Waals surface area contributed by atoms with Crippen molar-refractivity contribution in [2.24, 2.45) is 11.7 Å². The number of benzene rings is 1. The van der Waals surface area contributed by atoms with Gasteiger partial charge in [-0.15, -0.1) is 0 Å². The lowest BCUT2D eigenvalue weighted by Crippen LogP contribution is -2.24. The molecule has 0 aromatic heterocycles. The first kappa shape index (κ1) is 11.8. The molecule has 0 amide bonds. The largest absolute Gasteiger partial charge is 0.497 e. The van der Waals surface area contributed by atoms with Crippen molar-refractivity contribution in [3.63, 3.8) is 0 Å². The van der Waals surface area contributed by atoms with Gasteiger partial charge in [-0.3, -0.25) is 0 Å². The van der Waals surface area contributed by atoms with Crippen LogP contribution >= 0.6 is 11.8 Å². The Kier molecular flexibility index (Phi) is 4.13. The van der Waals surface area contributed by atoms with Gasteiger partial charge in [0.2, 0.25) is 0 Å². The lowest BCUT2D eigenvalue weighted by molar-refractivity contribution is 0.395. The van der Waals surface area contributed by atoms with Crippen LogP contribution in [0.15, 0.2) is 24.3 Å². The van der Waals surface area contributed by atoms with Crippen LogP contribution in [0.2, 0.25) is 0 Å². The van der Waals surface area contributed by atoms with Crippen LogP contribution in [0.25, 0.3) is 0 Å². The highest BCUT2D eigenvalue weighted by atomic mass is 32.2. The molecule has 88 valence electrons. The molecule has 0 aliphatic carbocycles. The maximum atomic E-state index is 6.33. The van der Waals surface area contributed by atoms with Crippen LogP contribution in [-0.2, 0) is 0 Å². The first-order valence-corrected chi connectivity index (χ1v) is 6.94. The van der Waals surface area contributed by atoms with Crippen LogP contribution in [0.3, 0.4) is 0 Å². The van der Waals surface area contributed by atoms with Crippen LogP contribution in [0, 0.1) is 5.92 Å². The standard InChI is InChI=1S/C13H19NOS/c1-15-12-4-2-3-11(9-12)13(14)10-5-7-16-8-6-10/h2-4,9-10,13H,5-8,14H2,1H3. The molecule has 1 fully saturated rings. The van der Waals surface area contributed by atoms with E-state index in [2.05, 4.69) is 12.1 Å². The van der Waals surface area contributed by atoms with Gasteiger partial charge in [0.25, 0.3) is 0 Å². The number of nitrogens with two attached hydrogens (primary N) is 1. The Labute approximate surface area is 102 Å². The van der Waals surface area contributed by atoms with Crippen molar-refractivity contribution >= 4 is 11.8 Å². The maximum Gasteiger partial charge on any atom is 0.119 e. The third-order valence-corrected chi connectivity index (χ3v) is 4.30. The lowest BCUT2D eigenvalue weighted by Gasteiger charge is -2.27. The Morgan fingerprint density at radius 1 is 1.38 bits per heavy atom. The van der Waals surface area contributed by atoms with Crippen LogP contribution in [0.4, 0.5) is 0 Å². The fourth-order valence-electron chi connectivity index (χ4n) is 2.20. The summed E-state index contributed by atoms with van der Waals surface area (Å²) >= 11 is 2.04. The van der Waals surface area contributed by atoms with Gasteiger partial charge in [-0.2, -0.15) is 11.8 Å². The first-order valence-electron chi connectivity index (χ1n) is 5.78. The van der Waals surface area contributed by atoms with Crippen molar-refractivity contribution in [2.75, 3.05) is 18.6 Å². The van der Waals surface area contributed by atoms with Crippen molar-refractivity contribution in [3.05, 3.63) is 29.8 Å². The van der Waals surface area contributed by atoms with Crippen molar-refractivity contribution in [2.45, 2.75) is 18.9 Å². The van der Waals surface area contributed by atoms with Crippen LogP contribution in [0.5, 0.6) is 5.75 Å². The van der Waals surface area contributed by atoms with E-state index >= 15 is 0 Å². The summed E-state index contributed by atoms with van der Waals surface area (Å²) in [5.41, 5.74) is 7.53. The van der Waals surface area contributed by atoms with E-state index in [9.17, 15) is 0 Å². The number of methoxy groups -OCH3 is 1. The number of rotatable bonds is 3. The van der Waals surface area contributed by atoms with Gasteiger partial charge in [0, 0.05) is 6.04 Å². The smallest absolute Gasteiger partial charge is 0.119 e. The second-order valence-corrected chi connectivity index (χ2v) is 5.48. The van der Waals surface area contributed by atoms with Gasteiger partial charge in [0.15, 0.2) is 0 Å². The molecule has 2 N–H and O–H groups in total. The number of hydrogen-bond donors (Lipinski definition) is 1. The zero-order valence-corrected chi connectivity index (χ0v) is 10.5. The molecule has 2 rings (SSSR count). The van der Waals surface area contributed by atoms with E-state index in [1.165, 1.54) is 29.9 Å². The molecule has 1 heterocycles. The average molecular weight is 237 g/mol. The van der Waals surface area contributed by atoms with Crippen LogP contribution < -0.4 is 10.5 Å². The Bertz CT molecular complexity index is 336. The average Bonchev–Trinajstić information content (AvgIpc) is 2.39. The van der Waals surface area contributed by atoms with E-state index in [0.29, 0.717) is 5.92 Å². The topological polar surface area (TPSA) is 35.2 Å². The summed E-state index contributed by atoms with van der Waals surface area (Å²) in [7, 11) is 1.70. The predicted octanol–water partition coefficient (Wildman–Crippen LogP) is 2.84. The third kappa shape index (κ3) is 2.71. The molecule has 1 aliphatic rings. The van der Waals surface area contributed by atoms with Gasteiger partial charge in [0.1, 0.15) is 5.75 Å². The molecular weight excluding hydrogens is 218 g/mol. The highest BCUT2D eigenvalue weighted by Crippen LogP contribution is 2.32. The summed E-state index contributed by atoms with van der Waals surface area (Å²) in [5.74, 6) is 4.04. The molecular formula is C13H19NOS. The van der Waals surface area contributed by atoms with Gasteiger partial charge in [-0.1, -0.05) is 12.1 Å². The molecule has 1 saturated heterocycles. The van der Waals surface area contributed by atoms with Gasteiger partial charge in [-0.05, 0) is 48.0 Å². The molecule has 1 unspecified atom stereocenters. The number of ether oxygens (including phenoxy) is 1. The molecule has 1 aliphatic heterocycles. The second-order valence-electron chi connectivity index (χ2n) is 4.25. The van der Waals surface area contributed by atoms with Crippen molar-refractivity contribution < 1.29 is 4.74 Å². The second kappa shape index (κ2) is 5.60. The predicted molar refractivity (Wildman–Crippen MR) is 70.0 cm³/mol. The van der Waals surface area contributed by atoms with Crippen LogP contribution in [-0.4, -0.2) is 18.6 Å². The number of hydrogen-bond acceptors (Lipinski definition) is 3. The molecule has 0 spiro atoms. The molecule has 3 heteroatoms. The Morgan fingerprint density at radius 2 is 2.12 bits per heavy atom. The summed E-state index contributed by atoms with van der Waals surface area (Å²) in [5, 5.41) is 0. The molecule has 1 aromatic carbocycles. The number of thioether (sulfide) groups is 1. The molecule has 16 heavy (non-hydrogen) atoms. The van der Waals surface area contributed by atoms with Gasteiger partial charge in [-0.25, -0.2) is 0 Å². The minimum Gasteiger partial charge on any atom is -0.497 e. The summed E-state index contributed by atoms with van der Waals surface area (Å²) in [6, 6.07) is 8.32. The lowest BCUT2D eigenvalue weighted by atomic mass is 9.89. The molecule has 0 radical (unpaired) electrons. The van der Waals surface area contributed by atoms with Gasteiger partial charge >= 0.3 is 0 Å². The summed E-state index contributed by atoms with van der Waals surface area (Å²) in [6.07, 6.45) is 2.48. The minimum absolute atomic E-state index is 0.163. The summed E-state index contributed by atoms with van der Waals surface area (Å²) in [6.45, 7) is 0. The summed E-state index contributed by atoms with van der Waals surface area (Å²) < 4.78 is 5.23. The molecule has 1 atom stereocenters. The highest BCUT2D eigenvalue weighted by Gasteiger charge is 2.22.